The van der Waals surface area contributed by atoms with Gasteiger partial charge in [0.05, 0.1) is 0 Å². The van der Waals surface area contributed by atoms with Crippen molar-refractivity contribution in [3.8, 4) is 0 Å². The maximum atomic E-state index is 11.3. The van der Waals surface area contributed by atoms with E-state index in [1.807, 2.05) is 4.90 Å². The lowest BCUT2D eigenvalue weighted by molar-refractivity contribution is -0.130. The number of rotatable bonds is 3. The highest BCUT2D eigenvalue weighted by atomic mass is 79.9. The average molecular weight is 220 g/mol. The number of nitrogens with zero attached hydrogens (tertiary/aromatic N) is 1. The number of carbonyl (C=O) groups excluding carboxylic acids is 1. The van der Waals surface area contributed by atoms with Crippen LogP contribution in [-0.4, -0.2) is 29.2 Å². The summed E-state index contributed by atoms with van der Waals surface area (Å²) in [5.74, 6) is 0.335. The number of carbonyl (C=O) groups is 1. The number of likely N-dealkylation sites (tertiary alicyclic amines) is 1. The smallest absolute Gasteiger partial charge is 0.222 e. The van der Waals surface area contributed by atoms with Gasteiger partial charge in [0.25, 0.3) is 0 Å². The summed E-state index contributed by atoms with van der Waals surface area (Å²) in [4.78, 5) is 13.3. The SMILES string of the molecule is O=C(CCCBr)N1CCCC1. The normalized spacial score (nSPS) is 17.4. The van der Waals surface area contributed by atoms with Crippen molar-refractivity contribution in [2.24, 2.45) is 0 Å². The molecule has 1 rings (SSSR count). The van der Waals surface area contributed by atoms with Crippen molar-refractivity contribution in [1.29, 1.82) is 0 Å². The molecule has 2 nitrogen and oxygen atoms in total. The first-order valence-corrected chi connectivity index (χ1v) is 5.30. The van der Waals surface area contributed by atoms with E-state index in [9.17, 15) is 4.79 Å². The van der Waals surface area contributed by atoms with Crippen LogP contribution in [0.1, 0.15) is 25.7 Å². The van der Waals surface area contributed by atoms with Gasteiger partial charge in [0.1, 0.15) is 0 Å². The predicted octanol–water partition coefficient (Wildman–Crippen LogP) is 1.78. The maximum Gasteiger partial charge on any atom is 0.222 e. The highest BCUT2D eigenvalue weighted by Crippen LogP contribution is 2.09. The Labute approximate surface area is 76.1 Å². The van der Waals surface area contributed by atoms with Gasteiger partial charge >= 0.3 is 0 Å². The minimum absolute atomic E-state index is 0.335. The summed E-state index contributed by atoms with van der Waals surface area (Å²) in [5.41, 5.74) is 0. The Hall–Kier alpha value is -0.0500. The molecule has 0 aliphatic carbocycles. The third-order valence-corrected chi connectivity index (χ3v) is 2.54. The fourth-order valence-electron chi connectivity index (χ4n) is 1.34. The van der Waals surface area contributed by atoms with Crippen molar-refractivity contribution in [2.75, 3.05) is 18.4 Å². The van der Waals surface area contributed by atoms with Crippen LogP contribution >= 0.6 is 15.9 Å². The van der Waals surface area contributed by atoms with Crippen molar-refractivity contribution in [2.45, 2.75) is 25.7 Å². The van der Waals surface area contributed by atoms with E-state index >= 15 is 0 Å². The van der Waals surface area contributed by atoms with E-state index < -0.39 is 0 Å². The van der Waals surface area contributed by atoms with E-state index in [0.717, 1.165) is 24.8 Å². The van der Waals surface area contributed by atoms with Crippen molar-refractivity contribution >= 4 is 21.8 Å². The molecule has 1 amide bonds. The first-order valence-electron chi connectivity index (χ1n) is 4.18. The van der Waals surface area contributed by atoms with Gasteiger partial charge in [0, 0.05) is 24.8 Å². The van der Waals surface area contributed by atoms with Crippen LogP contribution in [-0.2, 0) is 4.79 Å². The summed E-state index contributed by atoms with van der Waals surface area (Å²) >= 11 is 3.32. The van der Waals surface area contributed by atoms with Gasteiger partial charge in [-0.3, -0.25) is 4.79 Å². The van der Waals surface area contributed by atoms with Gasteiger partial charge in [-0.25, -0.2) is 0 Å². The van der Waals surface area contributed by atoms with Gasteiger partial charge in [-0.05, 0) is 19.3 Å². The fraction of sp³-hybridized carbons (Fsp3) is 0.875. The van der Waals surface area contributed by atoms with E-state index in [1.165, 1.54) is 12.8 Å². The van der Waals surface area contributed by atoms with E-state index in [-0.39, 0.29) is 0 Å². The molecule has 1 aliphatic heterocycles. The summed E-state index contributed by atoms with van der Waals surface area (Å²) in [6.45, 7) is 1.97. The van der Waals surface area contributed by atoms with Gasteiger partial charge in [-0.1, -0.05) is 15.9 Å². The molecule has 0 spiro atoms. The zero-order valence-electron chi connectivity index (χ0n) is 6.68. The molecule has 0 unspecified atom stereocenters. The number of alkyl halides is 1. The quantitative estimate of drug-likeness (QED) is 0.664. The molecule has 0 aromatic rings. The molecule has 11 heavy (non-hydrogen) atoms. The van der Waals surface area contributed by atoms with E-state index in [0.29, 0.717) is 12.3 Å². The van der Waals surface area contributed by atoms with Crippen molar-refractivity contribution in [1.82, 2.24) is 4.90 Å². The van der Waals surface area contributed by atoms with E-state index in [1.54, 1.807) is 0 Å². The third-order valence-electron chi connectivity index (χ3n) is 1.98. The molecule has 1 fully saturated rings. The standard InChI is InChI=1S/C8H14BrNO/c9-5-3-4-8(11)10-6-1-2-7-10/h1-7H2. The Morgan fingerprint density at radius 1 is 1.36 bits per heavy atom. The average Bonchev–Trinajstić information content (AvgIpc) is 2.52. The molecule has 0 aromatic carbocycles. The first-order chi connectivity index (χ1) is 5.34. The van der Waals surface area contributed by atoms with Crippen LogP contribution in [0.2, 0.25) is 0 Å². The highest BCUT2D eigenvalue weighted by Gasteiger charge is 2.16. The van der Waals surface area contributed by atoms with Crippen LogP contribution < -0.4 is 0 Å². The third kappa shape index (κ3) is 2.81. The Morgan fingerprint density at radius 2 is 2.00 bits per heavy atom. The predicted molar refractivity (Wildman–Crippen MR) is 48.8 cm³/mol. The van der Waals surface area contributed by atoms with E-state index in [2.05, 4.69) is 15.9 Å². The molecular weight excluding hydrogens is 206 g/mol. The molecule has 3 heteroatoms. The first kappa shape index (κ1) is 9.04. The summed E-state index contributed by atoms with van der Waals surface area (Å²) in [6, 6.07) is 0. The molecule has 1 heterocycles. The molecule has 1 saturated heterocycles. The highest BCUT2D eigenvalue weighted by molar-refractivity contribution is 9.09. The summed E-state index contributed by atoms with van der Waals surface area (Å²) in [7, 11) is 0. The molecule has 0 N–H and O–H groups in total. The number of amides is 1. The number of hydrogen-bond acceptors (Lipinski definition) is 1. The summed E-state index contributed by atoms with van der Waals surface area (Å²) < 4.78 is 0. The second-order valence-electron chi connectivity index (χ2n) is 2.88. The second kappa shape index (κ2) is 4.75. The van der Waals surface area contributed by atoms with Crippen LogP contribution in [0.5, 0.6) is 0 Å². The van der Waals surface area contributed by atoms with Gasteiger partial charge < -0.3 is 4.90 Å². The number of hydrogen-bond donors (Lipinski definition) is 0. The van der Waals surface area contributed by atoms with Gasteiger partial charge in [0.15, 0.2) is 0 Å². The fourth-order valence-corrected chi connectivity index (χ4v) is 1.62. The van der Waals surface area contributed by atoms with Crippen LogP contribution in [0.15, 0.2) is 0 Å². The Kier molecular flexibility index (Phi) is 3.91. The monoisotopic (exact) mass is 219 g/mol. The topological polar surface area (TPSA) is 20.3 Å². The Balaban J connectivity index is 2.17. The van der Waals surface area contributed by atoms with Crippen LogP contribution in [0.3, 0.4) is 0 Å². The molecule has 0 aromatic heterocycles. The van der Waals surface area contributed by atoms with Gasteiger partial charge in [-0.2, -0.15) is 0 Å². The summed E-state index contributed by atoms with van der Waals surface area (Å²) in [5, 5.41) is 0.937. The molecule has 0 saturated carbocycles. The zero-order valence-corrected chi connectivity index (χ0v) is 8.27. The molecule has 64 valence electrons. The molecule has 0 atom stereocenters. The summed E-state index contributed by atoms with van der Waals surface area (Å²) in [6.07, 6.45) is 4.07. The Morgan fingerprint density at radius 3 is 2.55 bits per heavy atom. The zero-order chi connectivity index (χ0) is 8.10. The molecule has 0 radical (unpaired) electrons. The van der Waals surface area contributed by atoms with Gasteiger partial charge in [-0.15, -0.1) is 0 Å². The lowest BCUT2D eigenvalue weighted by Gasteiger charge is -2.14. The van der Waals surface area contributed by atoms with Crippen LogP contribution in [0.25, 0.3) is 0 Å². The minimum atomic E-state index is 0.335. The largest absolute Gasteiger partial charge is 0.343 e. The molecule has 0 bridgehead atoms. The molecule has 1 aliphatic rings. The van der Waals surface area contributed by atoms with Crippen molar-refractivity contribution < 1.29 is 4.79 Å². The van der Waals surface area contributed by atoms with Crippen molar-refractivity contribution in [3.63, 3.8) is 0 Å². The van der Waals surface area contributed by atoms with Gasteiger partial charge in [0.2, 0.25) is 5.91 Å². The van der Waals surface area contributed by atoms with E-state index in [4.69, 9.17) is 0 Å². The second-order valence-corrected chi connectivity index (χ2v) is 3.67. The number of halogens is 1. The lowest BCUT2D eigenvalue weighted by Crippen LogP contribution is -2.27. The lowest BCUT2D eigenvalue weighted by atomic mass is 10.3. The van der Waals surface area contributed by atoms with Crippen LogP contribution in [0.4, 0.5) is 0 Å². The molecular formula is C8H14BrNO. The Bertz CT molecular complexity index is 132. The van der Waals surface area contributed by atoms with Crippen molar-refractivity contribution in [3.05, 3.63) is 0 Å². The van der Waals surface area contributed by atoms with Crippen LogP contribution in [0, 0.1) is 0 Å². The maximum absolute atomic E-state index is 11.3. The minimum Gasteiger partial charge on any atom is -0.343 e.